The van der Waals surface area contributed by atoms with Crippen molar-refractivity contribution in [1.82, 2.24) is 20.1 Å². The number of ether oxygens (including phenoxy) is 2. The number of nitrogens with one attached hydrogen (secondary N) is 1. The van der Waals surface area contributed by atoms with Crippen molar-refractivity contribution in [1.29, 1.82) is 0 Å². The van der Waals surface area contributed by atoms with Gasteiger partial charge in [0, 0.05) is 47.5 Å². The van der Waals surface area contributed by atoms with Crippen molar-refractivity contribution in [3.63, 3.8) is 0 Å². The van der Waals surface area contributed by atoms with Crippen LogP contribution in [0.1, 0.15) is 16.6 Å². The van der Waals surface area contributed by atoms with Crippen molar-refractivity contribution in [2.24, 2.45) is 10.7 Å². The van der Waals surface area contributed by atoms with Crippen molar-refractivity contribution in [3.8, 4) is 0 Å². The fraction of sp³-hybridized carbons (Fsp3) is 0.391. The summed E-state index contributed by atoms with van der Waals surface area (Å²) in [6.45, 7) is 1.99. The molecule has 5 rings (SSSR count). The predicted octanol–water partition coefficient (Wildman–Crippen LogP) is 1.92. The van der Waals surface area contributed by atoms with Gasteiger partial charge in [-0.15, -0.1) is 11.3 Å². The number of rotatable bonds is 5. The minimum atomic E-state index is -0.844. The highest BCUT2D eigenvalue weighted by Gasteiger charge is 2.42. The fourth-order valence-corrected chi connectivity index (χ4v) is 5.68. The molecule has 3 aliphatic heterocycles. The molecule has 1 aromatic carbocycles. The van der Waals surface area contributed by atoms with Crippen LogP contribution in [0.4, 0.5) is 9.18 Å². The molecule has 10 nitrogen and oxygen atoms in total. The molecule has 0 radical (unpaired) electrons. The summed E-state index contributed by atoms with van der Waals surface area (Å²) < 4.78 is 24.7. The third-order valence-corrected chi connectivity index (χ3v) is 7.60. The lowest BCUT2D eigenvalue weighted by molar-refractivity contribution is -0.136. The van der Waals surface area contributed by atoms with Gasteiger partial charge in [0.05, 0.1) is 38.0 Å². The number of nitrogens with zero attached hydrogens (tertiary/aromatic N) is 4. The van der Waals surface area contributed by atoms with Crippen molar-refractivity contribution in [3.05, 3.63) is 62.5 Å². The molecule has 4 heterocycles. The van der Waals surface area contributed by atoms with E-state index in [1.807, 2.05) is 5.38 Å². The first-order chi connectivity index (χ1) is 17.4. The first-order valence-electron chi connectivity index (χ1n) is 11.2. The number of urea groups is 1. The number of amidine groups is 1. The molecular weight excluding hydrogens is 511 g/mol. The van der Waals surface area contributed by atoms with E-state index in [0.717, 1.165) is 0 Å². The van der Waals surface area contributed by atoms with Crippen LogP contribution >= 0.6 is 22.9 Å². The summed E-state index contributed by atoms with van der Waals surface area (Å²) in [5, 5.41) is 5.89. The van der Waals surface area contributed by atoms with Gasteiger partial charge in [-0.1, -0.05) is 17.7 Å². The minimum Gasteiger partial charge on any atom is -0.466 e. The number of thiazole rings is 1. The first kappa shape index (κ1) is 24.6. The summed E-state index contributed by atoms with van der Waals surface area (Å²) in [5.41, 5.74) is 6.84. The molecule has 3 atom stereocenters. The van der Waals surface area contributed by atoms with E-state index in [-0.39, 0.29) is 22.7 Å². The van der Waals surface area contributed by atoms with E-state index in [2.05, 4.69) is 15.2 Å². The number of hydrogen-bond donors (Lipinski definition) is 2. The number of piperazine rings is 1. The third kappa shape index (κ3) is 4.69. The number of aromatic nitrogens is 1. The maximum absolute atomic E-state index is 13.8. The Balaban J connectivity index is 1.58. The molecule has 2 unspecified atom stereocenters. The van der Waals surface area contributed by atoms with Crippen LogP contribution in [0.25, 0.3) is 0 Å². The van der Waals surface area contributed by atoms with Crippen LogP contribution in [0.15, 0.2) is 46.0 Å². The molecule has 3 aliphatic rings. The highest BCUT2D eigenvalue weighted by molar-refractivity contribution is 7.11. The fourth-order valence-electron chi connectivity index (χ4n) is 4.82. The zero-order valence-electron chi connectivity index (χ0n) is 19.3. The van der Waals surface area contributed by atoms with Gasteiger partial charge in [0.25, 0.3) is 0 Å². The Morgan fingerprint density at radius 1 is 1.33 bits per heavy atom. The van der Waals surface area contributed by atoms with Crippen LogP contribution in [-0.2, 0) is 14.3 Å². The van der Waals surface area contributed by atoms with E-state index in [1.54, 1.807) is 11.1 Å². The summed E-state index contributed by atoms with van der Waals surface area (Å²) in [5.74, 6) is -0.608. The van der Waals surface area contributed by atoms with E-state index in [1.165, 1.54) is 36.6 Å². The number of morpholine rings is 1. The van der Waals surface area contributed by atoms with Crippen LogP contribution in [0.5, 0.6) is 0 Å². The number of fused-ring (bicyclic) bond motifs is 2. The number of halogens is 2. The molecule has 190 valence electrons. The second kappa shape index (κ2) is 10.1. The molecule has 0 spiro atoms. The van der Waals surface area contributed by atoms with Gasteiger partial charge in [-0.05, 0) is 12.1 Å². The second-order valence-electron chi connectivity index (χ2n) is 8.65. The number of primary amides is 1. The number of carbonyl (C=O) groups is 2. The van der Waals surface area contributed by atoms with E-state index < -0.39 is 23.9 Å². The van der Waals surface area contributed by atoms with Crippen LogP contribution in [0, 0.1) is 5.82 Å². The van der Waals surface area contributed by atoms with E-state index in [9.17, 15) is 14.0 Å². The van der Waals surface area contributed by atoms with Crippen molar-refractivity contribution < 1.29 is 23.5 Å². The Morgan fingerprint density at radius 3 is 2.69 bits per heavy atom. The van der Waals surface area contributed by atoms with E-state index in [4.69, 9.17) is 31.8 Å². The van der Waals surface area contributed by atoms with Gasteiger partial charge in [0.15, 0.2) is 10.8 Å². The van der Waals surface area contributed by atoms with Crippen molar-refractivity contribution in [2.45, 2.75) is 18.1 Å². The van der Waals surface area contributed by atoms with E-state index >= 15 is 0 Å². The molecule has 13 heteroatoms. The zero-order valence-corrected chi connectivity index (χ0v) is 20.9. The molecule has 2 amide bonds. The molecule has 0 saturated carbocycles. The Bertz CT molecular complexity index is 1230. The molecule has 3 N–H and O–H groups in total. The summed E-state index contributed by atoms with van der Waals surface area (Å²) in [4.78, 5) is 37.9. The lowest BCUT2D eigenvalue weighted by Crippen LogP contribution is -2.66. The largest absolute Gasteiger partial charge is 0.466 e. The SMILES string of the molecule is COC(=O)C1=C(CN2C3COCC2CN(C(N)=O)C3)NC(c2nccs2)=N[C@H]1c1ccc(F)cc1Cl. The van der Waals surface area contributed by atoms with E-state index in [0.29, 0.717) is 55.0 Å². The van der Waals surface area contributed by atoms with Gasteiger partial charge in [-0.2, -0.15) is 0 Å². The van der Waals surface area contributed by atoms with Crippen LogP contribution in [0.2, 0.25) is 5.02 Å². The maximum atomic E-state index is 13.8. The highest BCUT2D eigenvalue weighted by Crippen LogP contribution is 2.37. The van der Waals surface area contributed by atoms with Gasteiger partial charge in [0.2, 0.25) is 0 Å². The Labute approximate surface area is 215 Å². The van der Waals surface area contributed by atoms with Crippen molar-refractivity contribution in [2.75, 3.05) is 40.0 Å². The molecule has 2 fully saturated rings. The lowest BCUT2D eigenvalue weighted by Gasteiger charge is -2.49. The number of nitrogens with two attached hydrogens (primary N) is 1. The zero-order chi connectivity index (χ0) is 25.4. The van der Waals surface area contributed by atoms with Gasteiger partial charge < -0.3 is 25.4 Å². The summed E-state index contributed by atoms with van der Waals surface area (Å²) in [6.07, 6.45) is 1.66. The summed E-state index contributed by atoms with van der Waals surface area (Å²) in [6, 6.07) is 2.44. The van der Waals surface area contributed by atoms with Gasteiger partial charge in [-0.3, -0.25) is 9.89 Å². The standard InChI is InChI=1S/C23H24ClFN6O4S/c1-34-22(32)18-17(9-31-13-7-30(23(26)33)8-14(31)11-35-10-13)28-20(21-27-4-5-36-21)29-19(18)15-3-2-12(25)6-16(15)24/h2-6,13-14,19H,7-11H2,1H3,(H2,26,33)(H,28,29)/t13?,14?,19-/m0/s1. The first-order valence-corrected chi connectivity index (χ1v) is 12.5. The van der Waals surface area contributed by atoms with Crippen LogP contribution in [0.3, 0.4) is 0 Å². The number of aliphatic imine (C=N–C) groups is 1. The monoisotopic (exact) mass is 534 g/mol. The predicted molar refractivity (Wildman–Crippen MR) is 131 cm³/mol. The van der Waals surface area contributed by atoms with Crippen LogP contribution < -0.4 is 11.1 Å². The summed E-state index contributed by atoms with van der Waals surface area (Å²) in [7, 11) is 1.30. The van der Waals surface area contributed by atoms with Gasteiger partial charge >= 0.3 is 12.0 Å². The quantitative estimate of drug-likeness (QED) is 0.562. The normalized spacial score (nSPS) is 24.2. The van der Waals surface area contributed by atoms with Crippen LogP contribution in [-0.4, -0.2) is 84.7 Å². The molecule has 1 aromatic heterocycles. The number of amides is 2. The lowest BCUT2D eigenvalue weighted by atomic mass is 9.94. The van der Waals surface area contributed by atoms with Gasteiger partial charge in [-0.25, -0.2) is 19.0 Å². The maximum Gasteiger partial charge on any atom is 0.338 e. The Morgan fingerprint density at radius 2 is 2.08 bits per heavy atom. The number of hydrogen-bond acceptors (Lipinski definition) is 9. The smallest absolute Gasteiger partial charge is 0.338 e. The summed E-state index contributed by atoms with van der Waals surface area (Å²) >= 11 is 7.81. The molecule has 2 saturated heterocycles. The average Bonchev–Trinajstić information content (AvgIpc) is 3.38. The molecule has 2 bridgehead atoms. The second-order valence-corrected chi connectivity index (χ2v) is 9.95. The topological polar surface area (TPSA) is 122 Å². The molecular formula is C23H24ClFN6O4S. The number of carbonyl (C=O) groups excluding carboxylic acids is 2. The molecule has 36 heavy (non-hydrogen) atoms. The number of benzene rings is 1. The molecule has 2 aromatic rings. The average molecular weight is 535 g/mol. The number of methoxy groups -OCH3 is 1. The Kier molecular flexibility index (Phi) is 6.93. The third-order valence-electron chi connectivity index (χ3n) is 6.50. The Hall–Kier alpha value is -3.06. The minimum absolute atomic E-state index is 0.117. The van der Waals surface area contributed by atoms with Gasteiger partial charge in [0.1, 0.15) is 11.9 Å². The molecule has 0 aliphatic carbocycles. The number of esters is 1. The van der Waals surface area contributed by atoms with Crippen molar-refractivity contribution >= 4 is 40.8 Å². The highest BCUT2D eigenvalue weighted by atomic mass is 35.5.